The molecule has 18 N–H and O–H groups in total. The van der Waals surface area contributed by atoms with Crippen LogP contribution in [0.2, 0.25) is 0 Å². The number of carboxylic acids is 6. The number of hydrogen-bond donors (Lipinski definition) is 12. The van der Waals surface area contributed by atoms with Crippen LogP contribution in [0.25, 0.3) is 0 Å². The summed E-state index contributed by atoms with van der Waals surface area (Å²) in [7, 11) is 0. The number of nitrogens with two attached hydrogens (primary N) is 6. The summed E-state index contributed by atoms with van der Waals surface area (Å²) in [6.07, 6.45) is -1.78. The molecule has 0 aromatic carbocycles. The molecule has 0 radical (unpaired) electrons. The van der Waals surface area contributed by atoms with E-state index in [-0.39, 0.29) is 131 Å². The van der Waals surface area contributed by atoms with Crippen LogP contribution in [-0.2, 0) is 28.8 Å². The van der Waals surface area contributed by atoms with Crippen LogP contribution >= 0.6 is 0 Å². The molecule has 0 heterocycles. The van der Waals surface area contributed by atoms with Crippen molar-refractivity contribution in [3.05, 3.63) is 0 Å². The van der Waals surface area contributed by atoms with Crippen LogP contribution in [0.15, 0.2) is 0 Å². The predicted octanol–water partition coefficient (Wildman–Crippen LogP) is -12.1. The number of aliphatic carboxylic acids is 6. The average molecular weight is 607 g/mol. The van der Waals surface area contributed by atoms with Gasteiger partial charge in [0.25, 0.3) is 0 Å². The number of carboxylic acid groups (broad SMARTS) is 6. The SMILES string of the molecule is NCCN.NCCN.NCCN.O=C(O)CCC(=O)O.O=C(O)CCC(=O)O.O=C(O)CCC(=O)O.[H-].[H-].[H-].[Na+].[Na+].[Na+]. The van der Waals surface area contributed by atoms with Crippen LogP contribution in [0, 0.1) is 0 Å². The molecule has 0 atom stereocenters. The maximum Gasteiger partial charge on any atom is 1.00 e. The minimum absolute atomic E-state index is 0. The van der Waals surface area contributed by atoms with Crippen molar-refractivity contribution in [2.75, 3.05) is 39.3 Å². The Kier molecular flexibility index (Phi) is 91.8. The van der Waals surface area contributed by atoms with Gasteiger partial charge in [0.2, 0.25) is 0 Å². The van der Waals surface area contributed by atoms with Crippen molar-refractivity contribution >= 4 is 35.8 Å². The molecule has 0 aliphatic heterocycles. The molecule has 0 rings (SSSR count). The fourth-order valence-electron chi connectivity index (χ4n) is 0.642. The van der Waals surface area contributed by atoms with Gasteiger partial charge in [0.15, 0.2) is 0 Å². The third-order valence-electron chi connectivity index (χ3n) is 2.16. The monoisotopic (exact) mass is 606 g/mol. The summed E-state index contributed by atoms with van der Waals surface area (Å²) >= 11 is 0. The molecule has 0 fully saturated rings. The summed E-state index contributed by atoms with van der Waals surface area (Å²) in [5.74, 6) is -6.46. The van der Waals surface area contributed by atoms with Gasteiger partial charge in [-0.05, 0) is 0 Å². The molecule has 0 spiro atoms. The van der Waals surface area contributed by atoms with E-state index < -0.39 is 35.8 Å². The van der Waals surface area contributed by atoms with E-state index >= 15 is 0 Å². The quantitative estimate of drug-likeness (QED) is 0.0917. The van der Waals surface area contributed by atoms with Gasteiger partial charge in [0.1, 0.15) is 0 Å². The maximum atomic E-state index is 9.64. The predicted molar refractivity (Wildman–Crippen MR) is 131 cm³/mol. The number of rotatable bonds is 12. The fourth-order valence-corrected chi connectivity index (χ4v) is 0.642. The maximum absolute atomic E-state index is 9.64. The number of carbonyl (C=O) groups is 6. The van der Waals surface area contributed by atoms with E-state index in [1.807, 2.05) is 0 Å². The van der Waals surface area contributed by atoms with Crippen LogP contribution in [0.1, 0.15) is 42.8 Å². The molecule has 39 heavy (non-hydrogen) atoms. The zero-order chi connectivity index (χ0) is 29.9. The third kappa shape index (κ3) is 154. The van der Waals surface area contributed by atoms with Crippen molar-refractivity contribution in [2.45, 2.75) is 38.5 Å². The Hall–Kier alpha value is -0.420. The van der Waals surface area contributed by atoms with Gasteiger partial charge < -0.3 is 69.3 Å². The topological polar surface area (TPSA) is 380 Å². The smallest absolute Gasteiger partial charge is 1.00 e. The van der Waals surface area contributed by atoms with Gasteiger partial charge in [-0.15, -0.1) is 0 Å². The Bertz CT molecular complexity index is 471. The second-order valence-electron chi connectivity index (χ2n) is 5.59. The van der Waals surface area contributed by atoms with E-state index in [9.17, 15) is 28.8 Å². The van der Waals surface area contributed by atoms with Crippen LogP contribution in [-0.4, -0.2) is 106 Å². The molecule has 0 bridgehead atoms. The van der Waals surface area contributed by atoms with Crippen LogP contribution in [0.4, 0.5) is 0 Å². The van der Waals surface area contributed by atoms with Crippen molar-refractivity contribution < 1.29 is 152 Å². The van der Waals surface area contributed by atoms with Crippen molar-refractivity contribution in [1.29, 1.82) is 0 Å². The Labute approximate surface area is 297 Å². The standard InChI is InChI=1S/3C4H6O4.3C2H8N2.3Na.3H/c3*5-3(6)1-2-4(7)8;3*3-1-2-4;;;;;;/h3*1-2H2,(H,5,6)(H,7,8);3*1-4H2;;;;;;/q;;;;;;3*+1;3*-1. The Balaban J connectivity index is -0.0000000256. The molecular weight excluding hydrogens is 561 g/mol. The summed E-state index contributed by atoms with van der Waals surface area (Å²) in [5, 5.41) is 47.4. The molecule has 18 nitrogen and oxygen atoms in total. The van der Waals surface area contributed by atoms with Crippen molar-refractivity contribution in [3.63, 3.8) is 0 Å². The molecule has 0 unspecified atom stereocenters. The van der Waals surface area contributed by atoms with Gasteiger partial charge in [0, 0.05) is 39.3 Å². The van der Waals surface area contributed by atoms with Gasteiger partial charge in [-0.25, -0.2) is 0 Å². The zero-order valence-electron chi connectivity index (χ0n) is 26.1. The van der Waals surface area contributed by atoms with E-state index in [1.54, 1.807) is 0 Å². The molecule has 0 amide bonds. The molecule has 222 valence electrons. The molecule has 0 aliphatic rings. The molecule has 0 saturated heterocycles. The molecule has 0 aromatic rings. The summed E-state index contributed by atoms with van der Waals surface area (Å²) in [4.78, 5) is 57.8. The first-order valence-corrected chi connectivity index (χ1v) is 10.1. The fraction of sp³-hybridized carbons (Fsp3) is 0.667. The van der Waals surface area contributed by atoms with Crippen molar-refractivity contribution in [2.24, 2.45) is 34.4 Å². The summed E-state index contributed by atoms with van der Waals surface area (Å²) in [6, 6.07) is 0. The van der Waals surface area contributed by atoms with E-state index in [0.717, 1.165) is 0 Å². The van der Waals surface area contributed by atoms with Crippen molar-refractivity contribution in [3.8, 4) is 0 Å². The van der Waals surface area contributed by atoms with Crippen molar-refractivity contribution in [1.82, 2.24) is 0 Å². The Morgan fingerprint density at radius 2 is 0.410 bits per heavy atom. The van der Waals surface area contributed by atoms with E-state index in [2.05, 4.69) is 0 Å². The van der Waals surface area contributed by atoms with Gasteiger partial charge in [-0.3, -0.25) is 28.8 Å². The number of hydrogen-bond acceptors (Lipinski definition) is 12. The van der Waals surface area contributed by atoms with Crippen LogP contribution in [0.3, 0.4) is 0 Å². The van der Waals surface area contributed by atoms with Gasteiger partial charge in [-0.1, -0.05) is 0 Å². The molecular formula is C18H45N6Na3O12. The second-order valence-corrected chi connectivity index (χ2v) is 5.59. The first-order valence-electron chi connectivity index (χ1n) is 10.1. The third-order valence-corrected chi connectivity index (χ3v) is 2.16. The average Bonchev–Trinajstić information content (AvgIpc) is 2.81. The van der Waals surface area contributed by atoms with Gasteiger partial charge >= 0.3 is 124 Å². The Morgan fingerprint density at radius 3 is 0.436 bits per heavy atom. The summed E-state index contributed by atoms with van der Waals surface area (Å²) in [6.45, 7) is 3.58. The normalized spacial score (nSPS) is 7.54. The zero-order valence-corrected chi connectivity index (χ0v) is 29.1. The van der Waals surface area contributed by atoms with E-state index in [1.165, 1.54) is 0 Å². The minimum atomic E-state index is -1.08. The first-order chi connectivity index (χ1) is 16.6. The first kappa shape index (κ1) is 62.3. The minimum Gasteiger partial charge on any atom is -1.00 e. The van der Waals surface area contributed by atoms with Gasteiger partial charge in [-0.2, -0.15) is 0 Å². The second kappa shape index (κ2) is 57.5. The Morgan fingerprint density at radius 1 is 0.333 bits per heavy atom. The molecule has 21 heteroatoms. The summed E-state index contributed by atoms with van der Waals surface area (Å²) in [5.41, 5.74) is 29.4. The molecule has 0 aromatic heterocycles. The van der Waals surface area contributed by atoms with Crippen LogP contribution in [0.5, 0.6) is 0 Å². The van der Waals surface area contributed by atoms with Gasteiger partial charge in [0.05, 0.1) is 38.5 Å². The van der Waals surface area contributed by atoms with E-state index in [4.69, 9.17) is 65.0 Å². The largest absolute Gasteiger partial charge is 1.00 e. The van der Waals surface area contributed by atoms with Crippen LogP contribution < -0.4 is 123 Å². The molecule has 0 saturated carbocycles. The molecule has 0 aliphatic carbocycles. The summed E-state index contributed by atoms with van der Waals surface area (Å²) < 4.78 is 0. The van der Waals surface area contributed by atoms with E-state index in [0.29, 0.717) is 39.3 Å².